The summed E-state index contributed by atoms with van der Waals surface area (Å²) in [6.45, 7) is 2.95. The number of amides is 2. The molecular weight excluding hydrogens is 464 g/mol. The molecule has 33 heavy (non-hydrogen) atoms. The third-order valence-corrected chi connectivity index (χ3v) is 6.14. The Bertz CT molecular complexity index is 1130. The Labute approximate surface area is 192 Å². The fourth-order valence-electron chi connectivity index (χ4n) is 4.14. The van der Waals surface area contributed by atoms with Gasteiger partial charge in [0.05, 0.1) is 22.9 Å². The minimum atomic E-state index is -2.75. The van der Waals surface area contributed by atoms with Gasteiger partial charge in [-0.15, -0.1) is 0 Å². The van der Waals surface area contributed by atoms with E-state index in [1.54, 1.807) is 13.0 Å². The molecule has 1 aliphatic heterocycles. The van der Waals surface area contributed by atoms with Crippen molar-refractivity contribution in [1.29, 1.82) is 0 Å². The molecule has 176 valence electrons. The van der Waals surface area contributed by atoms with Crippen LogP contribution in [0, 0.1) is 24.5 Å². The molecule has 1 fully saturated rings. The van der Waals surface area contributed by atoms with Crippen LogP contribution >= 0.6 is 11.6 Å². The highest BCUT2D eigenvalue weighted by molar-refractivity contribution is 6.30. The van der Waals surface area contributed by atoms with Crippen LogP contribution in [0.5, 0.6) is 5.75 Å². The van der Waals surface area contributed by atoms with Gasteiger partial charge in [-0.1, -0.05) is 17.7 Å². The number of carbonyl (C=O) groups excluding carboxylic acids is 2. The lowest BCUT2D eigenvalue weighted by Gasteiger charge is -2.35. The molecule has 0 radical (unpaired) electrons. The summed E-state index contributed by atoms with van der Waals surface area (Å²) in [4.78, 5) is 26.4. The molecule has 1 N–H and O–H groups in total. The predicted octanol–water partition coefficient (Wildman–Crippen LogP) is 5.61. The summed E-state index contributed by atoms with van der Waals surface area (Å²) < 4.78 is 60.8. The van der Waals surface area contributed by atoms with E-state index < -0.39 is 41.4 Å². The van der Waals surface area contributed by atoms with Gasteiger partial charge < -0.3 is 15.0 Å². The molecule has 10 heteroatoms. The highest BCUT2D eigenvalue weighted by atomic mass is 35.5. The lowest BCUT2D eigenvalue weighted by Crippen LogP contribution is -2.44. The maximum Gasteiger partial charge on any atom is 0.268 e. The second-order valence-corrected chi connectivity index (χ2v) is 8.95. The van der Waals surface area contributed by atoms with Gasteiger partial charge in [-0.3, -0.25) is 9.59 Å². The number of nitrogens with one attached hydrogen (secondary N) is 1. The molecule has 0 saturated heterocycles. The number of anilines is 2. The van der Waals surface area contributed by atoms with Gasteiger partial charge in [0.2, 0.25) is 11.8 Å². The number of nitrogens with zero attached hydrogens (tertiary/aromatic N) is 1. The smallest absolute Gasteiger partial charge is 0.268 e. The summed E-state index contributed by atoms with van der Waals surface area (Å²) >= 11 is 5.72. The number of halogens is 5. The lowest BCUT2D eigenvalue weighted by atomic mass is 9.79. The number of benzene rings is 2. The fraction of sp³-hybridized carbons (Fsp3) is 0.391. The van der Waals surface area contributed by atoms with Crippen molar-refractivity contribution in [2.75, 3.05) is 10.2 Å². The SMILES string of the molecule is Cc1cc2c(c(F)c1NC(=O)CC1CC(F)(F)C1)OC(C)C(=O)N2Cc1ccc(Cl)c(F)c1. The predicted molar refractivity (Wildman–Crippen MR) is 115 cm³/mol. The van der Waals surface area contributed by atoms with Crippen LogP contribution in [0.3, 0.4) is 0 Å². The van der Waals surface area contributed by atoms with Gasteiger partial charge in [0.15, 0.2) is 17.7 Å². The highest BCUT2D eigenvalue weighted by Gasteiger charge is 2.45. The van der Waals surface area contributed by atoms with Crippen molar-refractivity contribution < 1.29 is 31.9 Å². The molecule has 1 aliphatic carbocycles. The summed E-state index contributed by atoms with van der Waals surface area (Å²) in [5.74, 6) is -5.97. The van der Waals surface area contributed by atoms with Gasteiger partial charge >= 0.3 is 0 Å². The van der Waals surface area contributed by atoms with E-state index in [0.717, 1.165) is 0 Å². The zero-order chi connectivity index (χ0) is 24.1. The van der Waals surface area contributed by atoms with Crippen LogP contribution < -0.4 is 15.0 Å². The Morgan fingerprint density at radius 3 is 2.61 bits per heavy atom. The van der Waals surface area contributed by atoms with E-state index in [1.807, 2.05) is 0 Å². The third-order valence-electron chi connectivity index (χ3n) is 5.84. The summed E-state index contributed by atoms with van der Waals surface area (Å²) in [6, 6.07) is 5.60. The van der Waals surface area contributed by atoms with Gasteiger partial charge in [0, 0.05) is 19.3 Å². The summed E-state index contributed by atoms with van der Waals surface area (Å²) in [5.41, 5.74) is 0.763. The van der Waals surface area contributed by atoms with Gasteiger partial charge in [0.25, 0.3) is 5.91 Å². The van der Waals surface area contributed by atoms with Crippen LogP contribution in [-0.2, 0) is 16.1 Å². The molecule has 1 unspecified atom stereocenters. The standard InChI is InChI=1S/C23H21ClF4N2O3/c1-11-5-17-21(19(26)20(11)29-18(31)7-14-8-23(27,28)9-14)33-12(2)22(32)30(17)10-13-3-4-15(24)16(25)6-13/h3-6,12,14H,7-10H2,1-2H3,(H,29,31). The van der Waals surface area contributed by atoms with Gasteiger partial charge in [0.1, 0.15) is 5.82 Å². The number of alkyl halides is 2. The fourth-order valence-corrected chi connectivity index (χ4v) is 4.26. The van der Waals surface area contributed by atoms with Crippen molar-refractivity contribution in [3.05, 3.63) is 52.0 Å². The van der Waals surface area contributed by atoms with E-state index in [0.29, 0.717) is 11.1 Å². The first kappa shape index (κ1) is 23.4. The van der Waals surface area contributed by atoms with Crippen molar-refractivity contribution in [3.63, 3.8) is 0 Å². The van der Waals surface area contributed by atoms with Crippen LogP contribution in [0.4, 0.5) is 28.9 Å². The summed E-state index contributed by atoms with van der Waals surface area (Å²) in [6.07, 6.45) is -1.90. The molecule has 4 rings (SSSR count). The molecule has 2 aliphatic rings. The van der Waals surface area contributed by atoms with Crippen LogP contribution in [0.25, 0.3) is 0 Å². The molecule has 1 atom stereocenters. The van der Waals surface area contributed by atoms with Crippen molar-refractivity contribution in [2.24, 2.45) is 5.92 Å². The first-order valence-electron chi connectivity index (χ1n) is 10.4. The van der Waals surface area contributed by atoms with E-state index in [9.17, 15) is 22.8 Å². The summed E-state index contributed by atoms with van der Waals surface area (Å²) in [7, 11) is 0. The molecule has 5 nitrogen and oxygen atoms in total. The van der Waals surface area contributed by atoms with E-state index in [4.69, 9.17) is 16.3 Å². The van der Waals surface area contributed by atoms with E-state index in [2.05, 4.69) is 5.32 Å². The topological polar surface area (TPSA) is 58.6 Å². The molecule has 2 aromatic carbocycles. The Kier molecular flexibility index (Phi) is 6.03. The Morgan fingerprint density at radius 1 is 1.27 bits per heavy atom. The minimum absolute atomic E-state index is 0.0475. The first-order valence-corrected chi connectivity index (χ1v) is 10.8. The quantitative estimate of drug-likeness (QED) is 0.561. The first-order chi connectivity index (χ1) is 15.4. The largest absolute Gasteiger partial charge is 0.476 e. The Hall–Kier alpha value is -2.81. The molecule has 2 aromatic rings. The Balaban J connectivity index is 1.60. The summed E-state index contributed by atoms with van der Waals surface area (Å²) in [5, 5.41) is 2.39. The molecule has 2 amide bonds. The number of hydrogen-bond acceptors (Lipinski definition) is 3. The van der Waals surface area contributed by atoms with Crippen molar-refractivity contribution >= 4 is 34.8 Å². The van der Waals surface area contributed by atoms with E-state index in [-0.39, 0.29) is 48.0 Å². The van der Waals surface area contributed by atoms with Crippen molar-refractivity contribution in [2.45, 2.75) is 51.7 Å². The molecule has 1 heterocycles. The minimum Gasteiger partial charge on any atom is -0.476 e. The maximum absolute atomic E-state index is 15.4. The van der Waals surface area contributed by atoms with Crippen LogP contribution in [0.2, 0.25) is 5.02 Å². The lowest BCUT2D eigenvalue weighted by molar-refractivity contribution is -0.130. The number of aryl methyl sites for hydroxylation is 1. The van der Waals surface area contributed by atoms with E-state index in [1.165, 1.54) is 30.0 Å². The number of hydrogen-bond donors (Lipinski definition) is 1. The average Bonchev–Trinajstić information content (AvgIpc) is 2.71. The second-order valence-electron chi connectivity index (χ2n) is 8.55. The maximum atomic E-state index is 15.4. The number of fused-ring (bicyclic) bond motifs is 1. The molecular formula is C23H21ClF4N2O3. The number of ether oxygens (including phenoxy) is 1. The van der Waals surface area contributed by atoms with Crippen LogP contribution in [-0.4, -0.2) is 23.8 Å². The molecule has 0 spiro atoms. The van der Waals surface area contributed by atoms with Gasteiger partial charge in [-0.2, -0.15) is 0 Å². The third kappa shape index (κ3) is 4.64. The van der Waals surface area contributed by atoms with Crippen LogP contribution in [0.1, 0.15) is 37.3 Å². The van der Waals surface area contributed by atoms with Crippen molar-refractivity contribution in [1.82, 2.24) is 0 Å². The van der Waals surface area contributed by atoms with Gasteiger partial charge in [-0.05, 0) is 49.1 Å². The molecule has 0 aromatic heterocycles. The zero-order valence-corrected chi connectivity index (χ0v) is 18.6. The molecule has 1 saturated carbocycles. The normalized spacial score (nSPS) is 19.5. The van der Waals surface area contributed by atoms with Crippen molar-refractivity contribution in [3.8, 4) is 5.75 Å². The highest BCUT2D eigenvalue weighted by Crippen LogP contribution is 2.45. The average molecular weight is 485 g/mol. The number of rotatable bonds is 5. The van der Waals surface area contributed by atoms with Gasteiger partial charge in [-0.25, -0.2) is 17.6 Å². The number of carbonyl (C=O) groups is 2. The van der Waals surface area contributed by atoms with Crippen LogP contribution in [0.15, 0.2) is 24.3 Å². The zero-order valence-electron chi connectivity index (χ0n) is 17.9. The van der Waals surface area contributed by atoms with E-state index >= 15 is 4.39 Å². The monoisotopic (exact) mass is 484 g/mol. The second kappa shape index (κ2) is 8.52. The Morgan fingerprint density at radius 2 is 1.97 bits per heavy atom. The molecule has 0 bridgehead atoms.